The first-order valence-corrected chi connectivity index (χ1v) is 7.68. The predicted octanol–water partition coefficient (Wildman–Crippen LogP) is 3.44. The second kappa shape index (κ2) is 5.06. The van der Waals surface area contributed by atoms with Crippen molar-refractivity contribution >= 4 is 0 Å². The SMILES string of the molecule is [C-]#[N+]C(C#N)C(C(C#N)[N+]#[C-])C12CC3CC(CC(C3)C1)C2. The Hall–Kier alpha value is -2.04. The van der Waals surface area contributed by atoms with Crippen molar-refractivity contribution in [2.45, 2.75) is 50.6 Å². The van der Waals surface area contributed by atoms with Crippen LogP contribution in [0, 0.1) is 64.9 Å². The summed E-state index contributed by atoms with van der Waals surface area (Å²) >= 11 is 0. The molecule has 0 saturated heterocycles. The number of rotatable bonds is 3. The summed E-state index contributed by atoms with van der Waals surface area (Å²) in [6, 6.07) is 2.46. The minimum atomic E-state index is -0.847. The van der Waals surface area contributed by atoms with E-state index < -0.39 is 18.0 Å². The lowest BCUT2D eigenvalue weighted by molar-refractivity contribution is -0.0872. The third kappa shape index (κ3) is 2.07. The molecule has 0 N–H and O–H groups in total. The van der Waals surface area contributed by atoms with E-state index in [-0.39, 0.29) is 5.41 Å². The van der Waals surface area contributed by atoms with Gasteiger partial charge in [-0.15, -0.1) is 0 Å². The van der Waals surface area contributed by atoms with Gasteiger partial charge in [-0.05, 0) is 61.7 Å². The molecule has 2 atom stereocenters. The number of nitriles is 2. The second-order valence-corrected chi connectivity index (χ2v) is 7.21. The van der Waals surface area contributed by atoms with Gasteiger partial charge in [0.05, 0.1) is 0 Å². The Balaban J connectivity index is 2.01. The molecule has 21 heavy (non-hydrogen) atoms. The highest BCUT2D eigenvalue weighted by Gasteiger charge is 2.61. The van der Waals surface area contributed by atoms with Crippen molar-refractivity contribution < 1.29 is 0 Å². The van der Waals surface area contributed by atoms with Gasteiger partial charge in [-0.3, -0.25) is 9.69 Å². The zero-order valence-electron chi connectivity index (χ0n) is 12.0. The molecule has 4 heteroatoms. The fourth-order valence-corrected chi connectivity index (χ4v) is 5.81. The molecule has 0 aliphatic heterocycles. The molecule has 4 rings (SSSR count). The molecule has 2 unspecified atom stereocenters. The van der Waals surface area contributed by atoms with E-state index in [9.17, 15) is 10.5 Å². The molecule has 0 amide bonds. The Kier molecular flexibility index (Phi) is 3.35. The topological polar surface area (TPSA) is 56.3 Å². The van der Waals surface area contributed by atoms with Crippen molar-refractivity contribution in [1.82, 2.24) is 0 Å². The van der Waals surface area contributed by atoms with E-state index in [0.29, 0.717) is 17.8 Å². The molecule has 4 saturated carbocycles. The summed E-state index contributed by atoms with van der Waals surface area (Å²) in [5.41, 5.74) is -0.107. The van der Waals surface area contributed by atoms with E-state index >= 15 is 0 Å². The van der Waals surface area contributed by atoms with Crippen LogP contribution in [0.5, 0.6) is 0 Å². The fraction of sp³-hybridized carbons (Fsp3) is 0.765. The monoisotopic (exact) mass is 278 g/mol. The lowest BCUT2D eigenvalue weighted by atomic mass is 9.45. The summed E-state index contributed by atoms with van der Waals surface area (Å²) in [5.74, 6) is 1.67. The molecule has 4 nitrogen and oxygen atoms in total. The van der Waals surface area contributed by atoms with Crippen molar-refractivity contribution in [3.8, 4) is 12.1 Å². The molecule has 0 aromatic carbocycles. The van der Waals surface area contributed by atoms with Crippen LogP contribution in [-0.2, 0) is 0 Å². The van der Waals surface area contributed by atoms with E-state index in [1.54, 1.807) is 0 Å². The van der Waals surface area contributed by atoms with Crippen LogP contribution in [0.3, 0.4) is 0 Å². The predicted molar refractivity (Wildman–Crippen MR) is 76.1 cm³/mol. The average molecular weight is 278 g/mol. The van der Waals surface area contributed by atoms with Gasteiger partial charge in [0.2, 0.25) is 0 Å². The van der Waals surface area contributed by atoms with Crippen LogP contribution in [0.1, 0.15) is 38.5 Å². The molecule has 4 bridgehead atoms. The molecule has 0 radical (unpaired) electrons. The standard InChI is InChI=1S/C17H18N4/c1-20-14(9-18)16(15(10-19)21-2)17-6-11-3-12(7-17)5-13(4-11)8-17/h11-16H,3-8H2. The van der Waals surface area contributed by atoms with Gasteiger partial charge in [0.25, 0.3) is 0 Å². The van der Waals surface area contributed by atoms with Gasteiger partial charge in [-0.1, -0.05) is 0 Å². The van der Waals surface area contributed by atoms with Crippen LogP contribution in [0.4, 0.5) is 0 Å². The largest absolute Gasteiger partial charge is 0.319 e. The lowest BCUT2D eigenvalue weighted by Crippen LogP contribution is -2.54. The third-order valence-electron chi connectivity index (χ3n) is 6.02. The van der Waals surface area contributed by atoms with Gasteiger partial charge in [0.1, 0.15) is 5.92 Å². The zero-order chi connectivity index (χ0) is 15.0. The molecular weight excluding hydrogens is 260 g/mol. The zero-order valence-corrected chi connectivity index (χ0v) is 12.0. The quantitative estimate of drug-likeness (QED) is 0.742. The number of hydrogen-bond acceptors (Lipinski definition) is 2. The molecule has 4 aliphatic carbocycles. The number of nitrogens with zero attached hydrogens (tertiary/aromatic N) is 4. The highest BCUT2D eigenvalue weighted by atomic mass is 14.8. The van der Waals surface area contributed by atoms with Gasteiger partial charge in [0, 0.05) is 0 Å². The minimum Gasteiger partial charge on any atom is -0.297 e. The number of hydrogen-bond donors (Lipinski definition) is 0. The van der Waals surface area contributed by atoms with Gasteiger partial charge >= 0.3 is 12.1 Å². The highest BCUT2D eigenvalue weighted by Crippen LogP contribution is 2.64. The summed E-state index contributed by atoms with van der Waals surface area (Å²) < 4.78 is 0. The van der Waals surface area contributed by atoms with Crippen LogP contribution >= 0.6 is 0 Å². The maximum Gasteiger partial charge on any atom is 0.319 e. The van der Waals surface area contributed by atoms with E-state index in [2.05, 4.69) is 21.8 Å². The first kappa shape index (κ1) is 13.9. The molecular formula is C17H18N4. The summed E-state index contributed by atoms with van der Waals surface area (Å²) in [6.07, 6.45) is 6.88. The minimum absolute atomic E-state index is 0.107. The first-order valence-electron chi connectivity index (χ1n) is 7.68. The third-order valence-corrected chi connectivity index (χ3v) is 6.02. The van der Waals surface area contributed by atoms with Crippen molar-refractivity contribution in [2.24, 2.45) is 29.1 Å². The molecule has 4 fully saturated rings. The molecule has 0 aromatic rings. The van der Waals surface area contributed by atoms with E-state index in [1.165, 1.54) is 19.3 Å². The van der Waals surface area contributed by atoms with Crippen molar-refractivity contribution in [2.75, 3.05) is 0 Å². The Morgan fingerprint density at radius 2 is 1.24 bits per heavy atom. The summed E-state index contributed by atoms with van der Waals surface area (Å²) in [6.45, 7) is 14.7. The van der Waals surface area contributed by atoms with Gasteiger partial charge < -0.3 is 0 Å². The Morgan fingerprint density at radius 1 is 0.857 bits per heavy atom. The Morgan fingerprint density at radius 3 is 1.52 bits per heavy atom. The summed E-state index contributed by atoms with van der Waals surface area (Å²) in [5, 5.41) is 18.7. The van der Waals surface area contributed by atoms with E-state index in [4.69, 9.17) is 13.1 Å². The average Bonchev–Trinajstić information content (AvgIpc) is 2.46. The molecule has 0 spiro atoms. The van der Waals surface area contributed by atoms with Crippen LogP contribution in [0.2, 0.25) is 0 Å². The molecule has 4 aliphatic rings. The van der Waals surface area contributed by atoms with Crippen LogP contribution in [0.25, 0.3) is 9.69 Å². The summed E-state index contributed by atoms with van der Waals surface area (Å²) in [4.78, 5) is 6.95. The Bertz CT molecular complexity index is 499. The normalized spacial score (nSPS) is 40.1. The lowest BCUT2D eigenvalue weighted by Gasteiger charge is -2.58. The van der Waals surface area contributed by atoms with Gasteiger partial charge in [0.15, 0.2) is 12.1 Å². The summed E-state index contributed by atoms with van der Waals surface area (Å²) in [7, 11) is 0. The van der Waals surface area contributed by atoms with Crippen LogP contribution in [-0.4, -0.2) is 12.1 Å². The molecule has 0 heterocycles. The first-order chi connectivity index (χ1) is 10.2. The van der Waals surface area contributed by atoms with Crippen LogP contribution in [0.15, 0.2) is 0 Å². The Labute approximate surface area is 126 Å². The van der Waals surface area contributed by atoms with Gasteiger partial charge in [-0.25, -0.2) is 13.1 Å². The van der Waals surface area contributed by atoms with E-state index in [1.807, 2.05) is 0 Å². The van der Waals surface area contributed by atoms with Crippen molar-refractivity contribution in [3.63, 3.8) is 0 Å². The van der Waals surface area contributed by atoms with Crippen LogP contribution < -0.4 is 0 Å². The van der Waals surface area contributed by atoms with Crippen molar-refractivity contribution in [1.29, 1.82) is 10.5 Å². The highest BCUT2D eigenvalue weighted by molar-refractivity contribution is 5.21. The maximum atomic E-state index is 9.36. The smallest absolute Gasteiger partial charge is 0.297 e. The molecule has 0 aromatic heterocycles. The van der Waals surface area contributed by atoms with Crippen molar-refractivity contribution in [3.05, 3.63) is 22.8 Å². The maximum absolute atomic E-state index is 9.36. The fourth-order valence-electron chi connectivity index (χ4n) is 5.81. The second-order valence-electron chi connectivity index (χ2n) is 7.21. The van der Waals surface area contributed by atoms with Gasteiger partial charge in [-0.2, -0.15) is 10.5 Å². The van der Waals surface area contributed by atoms with E-state index in [0.717, 1.165) is 19.3 Å². The molecule has 106 valence electrons.